The molecule has 2 aliphatic rings. The van der Waals surface area contributed by atoms with Crippen LogP contribution in [0.3, 0.4) is 0 Å². The molecule has 0 atom stereocenters. The highest BCUT2D eigenvalue weighted by Gasteiger charge is 2.46. The molecule has 2 aliphatic carbocycles. The monoisotopic (exact) mass is 705 g/mol. The van der Waals surface area contributed by atoms with E-state index in [9.17, 15) is 0 Å². The van der Waals surface area contributed by atoms with E-state index in [1.165, 1.54) is 89.3 Å². The fraction of sp³-hybridized carbons (Fsp3) is 0.111. The maximum absolute atomic E-state index is 2.53. The molecule has 0 spiro atoms. The van der Waals surface area contributed by atoms with Crippen LogP contribution < -0.4 is 4.90 Å². The topological polar surface area (TPSA) is 3.24 Å². The summed E-state index contributed by atoms with van der Waals surface area (Å²) in [5.41, 5.74) is 21.0. The lowest BCUT2D eigenvalue weighted by atomic mass is 9.67. The SMILES string of the molecule is Cc1cc(-c2ccccc2)cc(C)c1N(c1ccc2c(c1)C(C)(C)c1ccccc1-2)c1ccc2c(c1)C(c1ccccc1)(c1ccccc1)c1ccccc1-2. The molecule has 0 heterocycles. The van der Waals surface area contributed by atoms with Gasteiger partial charge in [0, 0.05) is 16.8 Å². The fourth-order valence-electron chi connectivity index (χ4n) is 9.92. The Labute approximate surface area is 325 Å². The number of anilines is 3. The van der Waals surface area contributed by atoms with Gasteiger partial charge in [-0.1, -0.05) is 166 Å². The molecule has 0 radical (unpaired) electrons. The standard InChI is InChI=1S/C54H43N/c1-36-32-39(38-18-8-5-9-19-38)33-37(2)52(36)55(42-28-30-46-44-24-14-16-26-48(44)53(3,4)50(46)34-42)43-29-31-47-45-25-15-17-27-49(45)54(51(47)35-43,40-20-10-6-11-21-40)41-22-12-7-13-23-41/h5-35H,1-4H3. The molecular weight excluding hydrogens is 663 g/mol. The Morgan fingerprint density at radius 3 is 1.38 bits per heavy atom. The van der Waals surface area contributed by atoms with E-state index in [2.05, 4.69) is 221 Å². The van der Waals surface area contributed by atoms with Crippen molar-refractivity contribution in [1.29, 1.82) is 0 Å². The molecule has 1 nitrogen and oxygen atoms in total. The van der Waals surface area contributed by atoms with Crippen LogP contribution in [0.25, 0.3) is 33.4 Å². The number of aryl methyl sites for hydroxylation is 2. The maximum atomic E-state index is 2.53. The van der Waals surface area contributed by atoms with Gasteiger partial charge in [-0.15, -0.1) is 0 Å². The number of hydrogen-bond acceptors (Lipinski definition) is 1. The summed E-state index contributed by atoms with van der Waals surface area (Å²) < 4.78 is 0. The summed E-state index contributed by atoms with van der Waals surface area (Å²) in [5, 5.41) is 0. The van der Waals surface area contributed by atoms with Crippen molar-refractivity contribution < 1.29 is 0 Å². The van der Waals surface area contributed by atoms with Gasteiger partial charge in [0.1, 0.15) is 0 Å². The molecule has 55 heavy (non-hydrogen) atoms. The van der Waals surface area contributed by atoms with Crippen LogP contribution in [0.4, 0.5) is 17.1 Å². The molecule has 0 saturated carbocycles. The summed E-state index contributed by atoms with van der Waals surface area (Å²) in [5.74, 6) is 0. The van der Waals surface area contributed by atoms with Gasteiger partial charge in [-0.05, 0) is 128 Å². The fourth-order valence-corrected chi connectivity index (χ4v) is 9.92. The van der Waals surface area contributed by atoms with Crippen LogP contribution in [0.5, 0.6) is 0 Å². The third kappa shape index (κ3) is 4.93. The average Bonchev–Trinajstić information content (AvgIpc) is 3.65. The van der Waals surface area contributed by atoms with Crippen LogP contribution in [-0.2, 0) is 10.8 Å². The van der Waals surface area contributed by atoms with Gasteiger partial charge < -0.3 is 4.90 Å². The van der Waals surface area contributed by atoms with Crippen molar-refractivity contribution in [2.75, 3.05) is 4.90 Å². The minimum absolute atomic E-state index is 0.121. The van der Waals surface area contributed by atoms with E-state index in [1.807, 2.05) is 0 Å². The molecule has 10 rings (SSSR count). The largest absolute Gasteiger partial charge is 0.310 e. The van der Waals surface area contributed by atoms with Crippen molar-refractivity contribution in [3.63, 3.8) is 0 Å². The molecule has 1 heteroatoms. The number of benzene rings is 8. The number of nitrogens with zero attached hydrogens (tertiary/aromatic N) is 1. The van der Waals surface area contributed by atoms with E-state index in [0.29, 0.717) is 0 Å². The smallest absolute Gasteiger partial charge is 0.0714 e. The van der Waals surface area contributed by atoms with E-state index in [4.69, 9.17) is 0 Å². The minimum Gasteiger partial charge on any atom is -0.310 e. The van der Waals surface area contributed by atoms with Gasteiger partial charge in [-0.25, -0.2) is 0 Å². The first-order valence-electron chi connectivity index (χ1n) is 19.4. The second kappa shape index (κ2) is 12.6. The minimum atomic E-state index is -0.487. The lowest BCUT2D eigenvalue weighted by Crippen LogP contribution is -2.28. The van der Waals surface area contributed by atoms with Crippen LogP contribution >= 0.6 is 0 Å². The molecular formula is C54H43N. The summed E-state index contributed by atoms with van der Waals surface area (Å²) >= 11 is 0. The highest BCUT2D eigenvalue weighted by molar-refractivity contribution is 5.92. The molecule has 0 unspecified atom stereocenters. The molecule has 8 aromatic carbocycles. The van der Waals surface area contributed by atoms with Crippen LogP contribution in [0, 0.1) is 13.8 Å². The Balaban J connectivity index is 1.25. The number of hydrogen-bond donors (Lipinski definition) is 0. The molecule has 0 aliphatic heterocycles. The van der Waals surface area contributed by atoms with Crippen molar-refractivity contribution in [2.24, 2.45) is 0 Å². The molecule has 0 aromatic heterocycles. The van der Waals surface area contributed by atoms with Crippen molar-refractivity contribution in [2.45, 2.75) is 38.5 Å². The van der Waals surface area contributed by atoms with Crippen LogP contribution in [0.1, 0.15) is 58.4 Å². The summed E-state index contributed by atoms with van der Waals surface area (Å²) in [6.45, 7) is 9.29. The average molecular weight is 706 g/mol. The van der Waals surface area contributed by atoms with Crippen molar-refractivity contribution in [3.05, 3.63) is 233 Å². The molecule has 0 fully saturated rings. The second-order valence-electron chi connectivity index (χ2n) is 15.8. The van der Waals surface area contributed by atoms with Gasteiger partial charge in [0.25, 0.3) is 0 Å². The third-order valence-electron chi connectivity index (χ3n) is 12.3. The van der Waals surface area contributed by atoms with Crippen molar-refractivity contribution in [1.82, 2.24) is 0 Å². The van der Waals surface area contributed by atoms with Gasteiger partial charge in [0.15, 0.2) is 0 Å². The normalized spacial score (nSPS) is 14.1. The predicted molar refractivity (Wildman–Crippen MR) is 231 cm³/mol. The lowest BCUT2D eigenvalue weighted by Gasteiger charge is -2.35. The molecule has 0 N–H and O–H groups in total. The first-order chi connectivity index (χ1) is 26.9. The molecule has 264 valence electrons. The zero-order chi connectivity index (χ0) is 37.3. The van der Waals surface area contributed by atoms with Crippen LogP contribution in [-0.4, -0.2) is 0 Å². The van der Waals surface area contributed by atoms with Gasteiger partial charge in [-0.2, -0.15) is 0 Å². The number of rotatable bonds is 6. The van der Waals surface area contributed by atoms with Gasteiger partial charge >= 0.3 is 0 Å². The van der Waals surface area contributed by atoms with Crippen LogP contribution in [0.15, 0.2) is 188 Å². The van der Waals surface area contributed by atoms with Crippen LogP contribution in [0.2, 0.25) is 0 Å². The molecule has 0 bridgehead atoms. The van der Waals surface area contributed by atoms with Crippen molar-refractivity contribution in [3.8, 4) is 33.4 Å². The highest BCUT2D eigenvalue weighted by Crippen LogP contribution is 2.58. The van der Waals surface area contributed by atoms with E-state index in [0.717, 1.165) is 5.69 Å². The summed E-state index contributed by atoms with van der Waals surface area (Å²) in [7, 11) is 0. The second-order valence-corrected chi connectivity index (χ2v) is 15.8. The molecule has 0 saturated heterocycles. The molecule has 0 amide bonds. The Kier molecular flexibility index (Phi) is 7.58. The van der Waals surface area contributed by atoms with E-state index < -0.39 is 5.41 Å². The highest BCUT2D eigenvalue weighted by atomic mass is 15.1. The Morgan fingerprint density at radius 1 is 0.364 bits per heavy atom. The lowest BCUT2D eigenvalue weighted by molar-refractivity contribution is 0.660. The van der Waals surface area contributed by atoms with Crippen molar-refractivity contribution >= 4 is 17.1 Å². The van der Waals surface area contributed by atoms with E-state index >= 15 is 0 Å². The first kappa shape index (κ1) is 33.2. The zero-order valence-electron chi connectivity index (χ0n) is 31.8. The van der Waals surface area contributed by atoms with E-state index in [1.54, 1.807) is 0 Å². The third-order valence-corrected chi connectivity index (χ3v) is 12.3. The molecule has 8 aromatic rings. The Bertz CT molecular complexity index is 2680. The summed E-state index contributed by atoms with van der Waals surface area (Å²) in [6, 6.07) is 70.0. The van der Waals surface area contributed by atoms with E-state index in [-0.39, 0.29) is 5.41 Å². The van der Waals surface area contributed by atoms with Gasteiger partial charge in [-0.3, -0.25) is 0 Å². The van der Waals surface area contributed by atoms with Gasteiger partial charge in [0.2, 0.25) is 0 Å². The quantitative estimate of drug-likeness (QED) is 0.166. The zero-order valence-corrected chi connectivity index (χ0v) is 31.8. The number of fused-ring (bicyclic) bond motifs is 6. The Morgan fingerprint density at radius 2 is 0.800 bits per heavy atom. The van der Waals surface area contributed by atoms with Gasteiger partial charge in [0.05, 0.1) is 11.1 Å². The Hall–Kier alpha value is -6.44. The summed E-state index contributed by atoms with van der Waals surface area (Å²) in [4.78, 5) is 2.53. The maximum Gasteiger partial charge on any atom is 0.0714 e. The predicted octanol–water partition coefficient (Wildman–Crippen LogP) is 14.1. The summed E-state index contributed by atoms with van der Waals surface area (Å²) in [6.07, 6.45) is 0. The first-order valence-corrected chi connectivity index (χ1v) is 19.4.